The number of carbonyl (C=O) groups excluding carboxylic acids is 2. The van der Waals surface area contributed by atoms with Gasteiger partial charge in [0.25, 0.3) is 0 Å². The number of hydrogen-bond acceptors (Lipinski definition) is 9. The Morgan fingerprint density at radius 3 is 2.32 bits per heavy atom. The molecule has 1 fully saturated rings. The molecule has 10 nitrogen and oxygen atoms in total. The summed E-state index contributed by atoms with van der Waals surface area (Å²) in [6.45, 7) is 3.45. The minimum Gasteiger partial charge on any atom is -0.452 e. The van der Waals surface area contributed by atoms with Gasteiger partial charge in [0.1, 0.15) is 5.69 Å². The molecule has 0 N–H and O–H groups in total. The number of morpholine rings is 1. The normalized spacial score (nSPS) is 17.0. The summed E-state index contributed by atoms with van der Waals surface area (Å²) in [5, 5.41) is 11.5. The van der Waals surface area contributed by atoms with E-state index in [4.69, 9.17) is 9.47 Å². The summed E-state index contributed by atoms with van der Waals surface area (Å²) in [5.41, 5.74) is 0.0964. The standard InChI is InChI=1S/C18H16N4O6/c1-10-13(22(25)26)17(20-18(19-10)21-6-8-27-9-7-21)28-16-14(23)11-4-2-3-5-12(11)15(16)24/h2-5,16H,6-9H2,1H3. The lowest BCUT2D eigenvalue weighted by atomic mass is 10.1. The van der Waals surface area contributed by atoms with Crippen molar-refractivity contribution in [2.45, 2.75) is 13.0 Å². The van der Waals surface area contributed by atoms with Gasteiger partial charge in [0.05, 0.1) is 18.1 Å². The highest BCUT2D eigenvalue weighted by atomic mass is 16.6. The number of nitro groups is 1. The van der Waals surface area contributed by atoms with Gasteiger partial charge < -0.3 is 14.4 Å². The Morgan fingerprint density at radius 1 is 1.14 bits per heavy atom. The van der Waals surface area contributed by atoms with Crippen LogP contribution in [0.4, 0.5) is 11.6 Å². The molecular formula is C18H16N4O6. The van der Waals surface area contributed by atoms with E-state index in [0.717, 1.165) is 0 Å². The van der Waals surface area contributed by atoms with Gasteiger partial charge in [0.2, 0.25) is 23.6 Å². The molecule has 144 valence electrons. The van der Waals surface area contributed by atoms with Gasteiger partial charge in [0.15, 0.2) is 0 Å². The molecule has 1 aliphatic heterocycles. The number of rotatable bonds is 4. The molecule has 1 aromatic carbocycles. The van der Waals surface area contributed by atoms with E-state index in [2.05, 4.69) is 9.97 Å². The molecule has 0 radical (unpaired) electrons. The number of aryl methyl sites for hydroxylation is 1. The number of fused-ring (bicyclic) bond motifs is 1. The van der Waals surface area contributed by atoms with Crippen LogP contribution in [-0.2, 0) is 4.74 Å². The Kier molecular flexibility index (Phi) is 4.47. The van der Waals surface area contributed by atoms with Gasteiger partial charge in [0, 0.05) is 24.2 Å². The highest BCUT2D eigenvalue weighted by Crippen LogP contribution is 2.33. The maximum Gasteiger partial charge on any atom is 0.352 e. The molecule has 2 aromatic rings. The number of carbonyl (C=O) groups is 2. The van der Waals surface area contributed by atoms with Gasteiger partial charge in [-0.15, -0.1) is 0 Å². The quantitative estimate of drug-likeness (QED) is 0.436. The first-order valence-electron chi connectivity index (χ1n) is 8.67. The SMILES string of the molecule is Cc1nc(N2CCOCC2)nc(OC2C(=O)c3ccccc3C2=O)c1[N+](=O)[O-]. The lowest BCUT2D eigenvalue weighted by Gasteiger charge is -2.27. The van der Waals surface area contributed by atoms with E-state index in [9.17, 15) is 19.7 Å². The minimum atomic E-state index is -1.50. The van der Waals surface area contributed by atoms with Crippen molar-refractivity contribution >= 4 is 23.2 Å². The predicted molar refractivity (Wildman–Crippen MR) is 96.0 cm³/mol. The molecule has 10 heteroatoms. The second-order valence-electron chi connectivity index (χ2n) is 6.39. The number of benzene rings is 1. The van der Waals surface area contributed by atoms with Crippen molar-refractivity contribution in [1.82, 2.24) is 9.97 Å². The van der Waals surface area contributed by atoms with Gasteiger partial charge in [-0.05, 0) is 6.92 Å². The van der Waals surface area contributed by atoms with E-state index in [1.54, 1.807) is 17.0 Å². The highest BCUT2D eigenvalue weighted by Gasteiger charge is 2.42. The summed E-state index contributed by atoms with van der Waals surface area (Å²) in [7, 11) is 0. The van der Waals surface area contributed by atoms with Gasteiger partial charge in [-0.3, -0.25) is 19.7 Å². The Balaban J connectivity index is 1.72. The molecule has 0 atom stereocenters. The average molecular weight is 384 g/mol. The first-order chi connectivity index (χ1) is 13.5. The molecule has 1 aliphatic carbocycles. The van der Waals surface area contributed by atoms with Crippen LogP contribution < -0.4 is 9.64 Å². The van der Waals surface area contributed by atoms with Gasteiger partial charge in [-0.2, -0.15) is 4.98 Å². The second-order valence-corrected chi connectivity index (χ2v) is 6.39. The largest absolute Gasteiger partial charge is 0.452 e. The molecule has 28 heavy (non-hydrogen) atoms. The molecule has 0 spiro atoms. The topological polar surface area (TPSA) is 125 Å². The fourth-order valence-corrected chi connectivity index (χ4v) is 3.26. The van der Waals surface area contributed by atoms with Gasteiger partial charge >= 0.3 is 11.6 Å². The molecule has 1 saturated heterocycles. The third-order valence-electron chi connectivity index (χ3n) is 4.65. The lowest BCUT2D eigenvalue weighted by Crippen LogP contribution is -2.37. The van der Waals surface area contributed by atoms with Crippen LogP contribution in [0.3, 0.4) is 0 Å². The van der Waals surface area contributed by atoms with Crippen LogP contribution in [0.15, 0.2) is 24.3 Å². The number of ether oxygens (including phenoxy) is 2. The van der Waals surface area contributed by atoms with Crippen LogP contribution in [-0.4, -0.2) is 58.9 Å². The minimum absolute atomic E-state index is 0.0897. The van der Waals surface area contributed by atoms with Crippen LogP contribution >= 0.6 is 0 Å². The van der Waals surface area contributed by atoms with Crippen LogP contribution in [0.2, 0.25) is 0 Å². The summed E-state index contributed by atoms with van der Waals surface area (Å²) in [6, 6.07) is 6.33. The Bertz CT molecular complexity index is 951. The van der Waals surface area contributed by atoms with Crippen LogP contribution in [0, 0.1) is 17.0 Å². The molecule has 0 unspecified atom stereocenters. The van der Waals surface area contributed by atoms with Crippen molar-refractivity contribution in [3.05, 3.63) is 51.2 Å². The summed E-state index contributed by atoms with van der Waals surface area (Å²) in [4.78, 5) is 46.2. The fraction of sp³-hybridized carbons (Fsp3) is 0.333. The maximum absolute atomic E-state index is 12.6. The van der Waals surface area contributed by atoms with E-state index in [1.165, 1.54) is 19.1 Å². The van der Waals surface area contributed by atoms with Crippen LogP contribution in [0.5, 0.6) is 5.88 Å². The Morgan fingerprint density at radius 2 is 1.75 bits per heavy atom. The summed E-state index contributed by atoms with van der Waals surface area (Å²) in [5.74, 6) is -1.24. The van der Waals surface area contributed by atoms with Crippen molar-refractivity contribution in [2.75, 3.05) is 31.2 Å². The third-order valence-corrected chi connectivity index (χ3v) is 4.65. The number of Topliss-reactive ketones (excluding diaryl/α,β-unsaturated/α-hetero) is 2. The monoisotopic (exact) mass is 384 g/mol. The zero-order valence-corrected chi connectivity index (χ0v) is 15.0. The molecule has 2 heterocycles. The Hall–Kier alpha value is -3.40. The average Bonchev–Trinajstić information content (AvgIpc) is 2.93. The first-order valence-corrected chi connectivity index (χ1v) is 8.67. The molecule has 0 saturated carbocycles. The number of hydrogen-bond donors (Lipinski definition) is 0. The molecular weight excluding hydrogens is 368 g/mol. The summed E-state index contributed by atoms with van der Waals surface area (Å²) in [6.07, 6.45) is -1.50. The van der Waals surface area contributed by atoms with Crippen LogP contribution in [0.1, 0.15) is 26.4 Å². The van der Waals surface area contributed by atoms with Gasteiger partial charge in [-0.25, -0.2) is 4.98 Å². The maximum atomic E-state index is 12.6. The van der Waals surface area contributed by atoms with Crippen molar-refractivity contribution in [1.29, 1.82) is 0 Å². The summed E-state index contributed by atoms with van der Waals surface area (Å²) >= 11 is 0. The number of aromatic nitrogens is 2. The molecule has 0 bridgehead atoms. The van der Waals surface area contributed by atoms with Gasteiger partial charge in [-0.1, -0.05) is 24.3 Å². The fourth-order valence-electron chi connectivity index (χ4n) is 3.26. The molecule has 0 amide bonds. The lowest BCUT2D eigenvalue weighted by molar-refractivity contribution is -0.387. The van der Waals surface area contributed by atoms with Crippen molar-refractivity contribution in [2.24, 2.45) is 0 Å². The molecule has 2 aliphatic rings. The van der Waals surface area contributed by atoms with E-state index >= 15 is 0 Å². The predicted octanol–water partition coefficient (Wildman–Crippen LogP) is 1.36. The van der Waals surface area contributed by atoms with Crippen LogP contribution in [0.25, 0.3) is 0 Å². The van der Waals surface area contributed by atoms with Crippen molar-refractivity contribution < 1.29 is 24.0 Å². The number of anilines is 1. The molecule has 4 rings (SSSR count). The highest BCUT2D eigenvalue weighted by molar-refractivity contribution is 6.28. The van der Waals surface area contributed by atoms with E-state index < -0.39 is 34.2 Å². The molecule has 1 aromatic heterocycles. The zero-order valence-electron chi connectivity index (χ0n) is 15.0. The Labute approximate surface area is 159 Å². The van der Waals surface area contributed by atoms with E-state index in [0.29, 0.717) is 26.3 Å². The second kappa shape index (κ2) is 6.97. The number of nitrogens with zero attached hydrogens (tertiary/aromatic N) is 4. The van der Waals surface area contributed by atoms with Crippen molar-refractivity contribution in [3.63, 3.8) is 0 Å². The van der Waals surface area contributed by atoms with E-state index in [-0.39, 0.29) is 22.8 Å². The third kappa shape index (κ3) is 2.97. The zero-order chi connectivity index (χ0) is 19.8. The van der Waals surface area contributed by atoms with E-state index in [1.807, 2.05) is 0 Å². The first kappa shape index (κ1) is 18.0. The summed E-state index contributed by atoms with van der Waals surface area (Å²) < 4.78 is 10.8. The smallest absolute Gasteiger partial charge is 0.352 e. The number of ketones is 2. The van der Waals surface area contributed by atoms with Crippen molar-refractivity contribution in [3.8, 4) is 5.88 Å².